The second-order valence-electron chi connectivity index (χ2n) is 3.44. The van der Waals surface area contributed by atoms with Gasteiger partial charge in [-0.15, -0.1) is 11.3 Å². The molecule has 5 heteroatoms. The van der Waals surface area contributed by atoms with E-state index < -0.39 is 0 Å². The van der Waals surface area contributed by atoms with Crippen molar-refractivity contribution >= 4 is 27.5 Å². The Morgan fingerprint density at radius 2 is 2.25 bits per heavy atom. The van der Waals surface area contributed by atoms with Crippen molar-refractivity contribution in [3.05, 3.63) is 29.3 Å². The number of nitrogens with zero attached hydrogens (tertiary/aromatic N) is 2. The lowest BCUT2D eigenvalue weighted by atomic mass is 10.3. The fourth-order valence-electron chi connectivity index (χ4n) is 1.38. The van der Waals surface area contributed by atoms with Crippen LogP contribution < -0.4 is 0 Å². The molecule has 0 aliphatic rings. The normalized spacial score (nSPS) is 10.6. The third-order valence-electron chi connectivity index (χ3n) is 2.26. The van der Waals surface area contributed by atoms with Crippen LogP contribution in [0.4, 0.5) is 0 Å². The monoisotopic (exact) mass is 236 g/mol. The first-order valence-corrected chi connectivity index (χ1v) is 5.76. The van der Waals surface area contributed by atoms with Crippen LogP contribution in [0.1, 0.15) is 9.80 Å². The zero-order valence-corrected chi connectivity index (χ0v) is 9.70. The fourth-order valence-corrected chi connectivity index (χ4v) is 2.34. The van der Waals surface area contributed by atoms with Gasteiger partial charge in [0.15, 0.2) is 5.01 Å². The number of aliphatic hydroxyl groups is 1. The largest absolute Gasteiger partial charge is 0.395 e. The molecule has 0 fully saturated rings. The molecule has 0 saturated carbocycles. The van der Waals surface area contributed by atoms with Crippen molar-refractivity contribution in [1.29, 1.82) is 0 Å². The maximum Gasteiger partial charge on any atom is 0.282 e. The van der Waals surface area contributed by atoms with Crippen LogP contribution in [0.25, 0.3) is 10.2 Å². The number of carbonyl (C=O) groups is 1. The Bertz CT molecular complexity index is 476. The predicted molar refractivity (Wildman–Crippen MR) is 63.7 cm³/mol. The minimum Gasteiger partial charge on any atom is -0.395 e. The minimum atomic E-state index is -0.143. The van der Waals surface area contributed by atoms with Crippen LogP contribution in [0.5, 0.6) is 0 Å². The molecule has 4 nitrogen and oxygen atoms in total. The lowest BCUT2D eigenvalue weighted by molar-refractivity contribution is 0.0767. The van der Waals surface area contributed by atoms with E-state index in [0.717, 1.165) is 10.2 Å². The summed E-state index contributed by atoms with van der Waals surface area (Å²) in [6.45, 7) is 0.294. The van der Waals surface area contributed by atoms with Crippen LogP contribution >= 0.6 is 11.3 Å². The second-order valence-corrected chi connectivity index (χ2v) is 4.47. The molecular weight excluding hydrogens is 224 g/mol. The molecule has 0 spiro atoms. The molecule has 0 atom stereocenters. The summed E-state index contributed by atoms with van der Waals surface area (Å²) in [4.78, 5) is 17.6. The van der Waals surface area contributed by atoms with E-state index in [1.165, 1.54) is 16.2 Å². The van der Waals surface area contributed by atoms with Crippen molar-refractivity contribution in [3.63, 3.8) is 0 Å². The Kier molecular flexibility index (Phi) is 3.17. The van der Waals surface area contributed by atoms with Crippen LogP contribution in [-0.4, -0.2) is 41.1 Å². The van der Waals surface area contributed by atoms with Crippen molar-refractivity contribution in [1.82, 2.24) is 9.88 Å². The highest BCUT2D eigenvalue weighted by Crippen LogP contribution is 2.22. The Morgan fingerprint density at radius 3 is 2.94 bits per heavy atom. The highest BCUT2D eigenvalue weighted by Gasteiger charge is 2.15. The molecule has 0 radical (unpaired) electrons. The van der Waals surface area contributed by atoms with Gasteiger partial charge in [0.05, 0.1) is 16.8 Å². The fraction of sp³-hybridized carbons (Fsp3) is 0.273. The number of benzene rings is 1. The van der Waals surface area contributed by atoms with E-state index in [9.17, 15) is 4.79 Å². The van der Waals surface area contributed by atoms with E-state index in [0.29, 0.717) is 11.6 Å². The summed E-state index contributed by atoms with van der Waals surface area (Å²) in [6, 6.07) is 7.64. The average molecular weight is 236 g/mol. The van der Waals surface area contributed by atoms with Gasteiger partial charge in [-0.2, -0.15) is 0 Å². The van der Waals surface area contributed by atoms with Crippen molar-refractivity contribution in [2.75, 3.05) is 20.2 Å². The van der Waals surface area contributed by atoms with Gasteiger partial charge in [-0.05, 0) is 12.1 Å². The Morgan fingerprint density at radius 1 is 1.50 bits per heavy atom. The first-order valence-electron chi connectivity index (χ1n) is 4.94. The van der Waals surface area contributed by atoms with E-state index in [-0.39, 0.29) is 12.5 Å². The first kappa shape index (κ1) is 11.0. The number of fused-ring (bicyclic) bond motifs is 1. The molecule has 0 aliphatic carbocycles. The Labute approximate surface area is 97.1 Å². The minimum absolute atomic E-state index is 0.0346. The summed E-state index contributed by atoms with van der Waals surface area (Å²) in [5.41, 5.74) is 0.841. The molecule has 1 aromatic carbocycles. The van der Waals surface area contributed by atoms with E-state index in [1.807, 2.05) is 24.3 Å². The maximum atomic E-state index is 11.9. The highest BCUT2D eigenvalue weighted by molar-refractivity contribution is 7.20. The third kappa shape index (κ3) is 2.05. The standard InChI is InChI=1S/C11H12N2O2S/c1-13(6-7-14)11(15)10-12-8-4-2-3-5-9(8)16-10/h2-5,14H,6-7H2,1H3. The molecule has 2 rings (SSSR count). The van der Waals surface area contributed by atoms with Crippen LogP contribution in [0.15, 0.2) is 24.3 Å². The summed E-state index contributed by atoms with van der Waals surface area (Å²) in [5, 5.41) is 9.23. The highest BCUT2D eigenvalue weighted by atomic mass is 32.1. The number of carbonyl (C=O) groups excluding carboxylic acids is 1. The molecule has 84 valence electrons. The van der Waals surface area contributed by atoms with Gasteiger partial charge >= 0.3 is 0 Å². The molecule has 1 amide bonds. The maximum absolute atomic E-state index is 11.9. The summed E-state index contributed by atoms with van der Waals surface area (Å²) < 4.78 is 1.00. The van der Waals surface area contributed by atoms with Crippen molar-refractivity contribution in [3.8, 4) is 0 Å². The van der Waals surface area contributed by atoms with Gasteiger partial charge < -0.3 is 10.0 Å². The topological polar surface area (TPSA) is 53.4 Å². The molecule has 16 heavy (non-hydrogen) atoms. The van der Waals surface area contributed by atoms with Crippen molar-refractivity contribution < 1.29 is 9.90 Å². The lowest BCUT2D eigenvalue weighted by Gasteiger charge is -2.12. The molecule has 1 heterocycles. The number of aliphatic hydroxyl groups excluding tert-OH is 1. The Hall–Kier alpha value is -1.46. The van der Waals surface area contributed by atoms with Crippen LogP contribution in [0, 0.1) is 0 Å². The number of thiazole rings is 1. The first-order chi connectivity index (χ1) is 7.72. The summed E-state index contributed by atoms with van der Waals surface area (Å²) >= 11 is 1.38. The average Bonchev–Trinajstić information content (AvgIpc) is 2.71. The van der Waals surface area contributed by atoms with Gasteiger partial charge in [-0.3, -0.25) is 4.79 Å². The predicted octanol–water partition coefficient (Wildman–Crippen LogP) is 1.36. The smallest absolute Gasteiger partial charge is 0.282 e. The van der Waals surface area contributed by atoms with E-state index >= 15 is 0 Å². The molecule has 0 bridgehead atoms. The number of likely N-dealkylation sites (N-methyl/N-ethyl adjacent to an activating group) is 1. The molecule has 0 aliphatic heterocycles. The van der Waals surface area contributed by atoms with E-state index in [4.69, 9.17) is 5.11 Å². The zero-order valence-electron chi connectivity index (χ0n) is 8.88. The van der Waals surface area contributed by atoms with Gasteiger partial charge in [0.2, 0.25) is 0 Å². The summed E-state index contributed by atoms with van der Waals surface area (Å²) in [6.07, 6.45) is 0. The van der Waals surface area contributed by atoms with Gasteiger partial charge in [0.1, 0.15) is 0 Å². The number of amides is 1. The number of rotatable bonds is 3. The molecule has 1 aromatic heterocycles. The van der Waals surface area contributed by atoms with Crippen LogP contribution in [-0.2, 0) is 0 Å². The Balaban J connectivity index is 2.29. The van der Waals surface area contributed by atoms with Gasteiger partial charge in [0.25, 0.3) is 5.91 Å². The SMILES string of the molecule is CN(CCO)C(=O)c1nc2ccccc2s1. The van der Waals surface area contributed by atoms with Crippen molar-refractivity contribution in [2.45, 2.75) is 0 Å². The van der Waals surface area contributed by atoms with E-state index in [1.54, 1.807) is 7.05 Å². The number of hydrogen-bond donors (Lipinski definition) is 1. The van der Waals surface area contributed by atoms with Gasteiger partial charge in [-0.25, -0.2) is 4.98 Å². The van der Waals surface area contributed by atoms with E-state index in [2.05, 4.69) is 4.98 Å². The molecule has 0 unspecified atom stereocenters. The number of para-hydroxylation sites is 1. The molecule has 1 N–H and O–H groups in total. The summed E-state index contributed by atoms with van der Waals surface area (Å²) in [5.74, 6) is -0.143. The quantitative estimate of drug-likeness (QED) is 0.875. The lowest BCUT2D eigenvalue weighted by Crippen LogP contribution is -2.29. The number of aromatic nitrogens is 1. The van der Waals surface area contributed by atoms with Crippen molar-refractivity contribution in [2.24, 2.45) is 0 Å². The van der Waals surface area contributed by atoms with Crippen LogP contribution in [0.2, 0.25) is 0 Å². The van der Waals surface area contributed by atoms with Gasteiger partial charge in [-0.1, -0.05) is 12.1 Å². The molecule has 0 saturated heterocycles. The molecule has 2 aromatic rings. The number of hydrogen-bond acceptors (Lipinski definition) is 4. The molecular formula is C11H12N2O2S. The van der Waals surface area contributed by atoms with Gasteiger partial charge in [0, 0.05) is 13.6 Å². The third-order valence-corrected chi connectivity index (χ3v) is 3.28. The van der Waals surface area contributed by atoms with Crippen LogP contribution in [0.3, 0.4) is 0 Å². The zero-order chi connectivity index (χ0) is 11.5. The summed E-state index contributed by atoms with van der Waals surface area (Å²) in [7, 11) is 1.66. The second kappa shape index (κ2) is 4.59.